The quantitative estimate of drug-likeness (QED) is 0.602. The summed E-state index contributed by atoms with van der Waals surface area (Å²) in [5.74, 6) is 0.00543. The number of fused-ring (bicyclic) bond motifs is 2. The first kappa shape index (κ1) is 23.5. The Morgan fingerprint density at radius 3 is 2.60 bits per heavy atom. The van der Waals surface area contributed by atoms with E-state index in [4.69, 9.17) is 9.26 Å². The minimum atomic E-state index is -0.686. The maximum absolute atomic E-state index is 13.5. The van der Waals surface area contributed by atoms with Gasteiger partial charge >= 0.3 is 0 Å². The molecular formula is C26H32N4O5. The van der Waals surface area contributed by atoms with Gasteiger partial charge in [0.05, 0.1) is 11.1 Å². The Balaban J connectivity index is 1.35. The third kappa shape index (κ3) is 4.45. The summed E-state index contributed by atoms with van der Waals surface area (Å²) in [6.07, 6.45) is 6.38. The Labute approximate surface area is 204 Å². The summed E-state index contributed by atoms with van der Waals surface area (Å²) in [6.45, 7) is 5.02. The number of ether oxygens (including phenoxy) is 1. The first-order chi connectivity index (χ1) is 16.9. The minimum absolute atomic E-state index is 0.00941. The van der Waals surface area contributed by atoms with Crippen molar-refractivity contribution in [3.63, 3.8) is 0 Å². The van der Waals surface area contributed by atoms with Gasteiger partial charge in [-0.15, -0.1) is 0 Å². The molecule has 0 unspecified atom stereocenters. The third-order valence-corrected chi connectivity index (χ3v) is 7.93. The van der Waals surface area contributed by atoms with Crippen molar-refractivity contribution in [1.82, 2.24) is 10.5 Å². The number of benzene rings is 1. The number of hydrogen-bond acceptors (Lipinski definition) is 6. The zero-order valence-corrected chi connectivity index (χ0v) is 20.2. The highest BCUT2D eigenvalue weighted by Gasteiger charge is 2.47. The van der Waals surface area contributed by atoms with Gasteiger partial charge in [-0.3, -0.25) is 14.4 Å². The second-order valence-corrected chi connectivity index (χ2v) is 10.2. The molecule has 1 aliphatic carbocycles. The van der Waals surface area contributed by atoms with Crippen LogP contribution in [0.5, 0.6) is 0 Å². The van der Waals surface area contributed by atoms with E-state index in [0.717, 1.165) is 36.9 Å². The molecule has 2 aromatic rings. The third-order valence-electron chi connectivity index (χ3n) is 7.93. The molecule has 9 nitrogen and oxygen atoms in total. The number of rotatable bonds is 5. The van der Waals surface area contributed by atoms with Crippen LogP contribution >= 0.6 is 0 Å². The molecule has 1 spiro atoms. The van der Waals surface area contributed by atoms with Gasteiger partial charge in [0.2, 0.25) is 11.8 Å². The molecule has 9 heteroatoms. The number of aromatic nitrogens is 1. The van der Waals surface area contributed by atoms with Gasteiger partial charge in [-0.25, -0.2) is 0 Å². The Bertz CT molecular complexity index is 1130. The number of nitrogens with zero attached hydrogens (tertiary/aromatic N) is 1. The van der Waals surface area contributed by atoms with Gasteiger partial charge in [0.15, 0.2) is 0 Å². The van der Waals surface area contributed by atoms with Gasteiger partial charge in [-0.1, -0.05) is 31.0 Å². The van der Waals surface area contributed by atoms with Crippen molar-refractivity contribution in [2.45, 2.75) is 63.8 Å². The maximum atomic E-state index is 13.5. The molecule has 3 heterocycles. The summed E-state index contributed by atoms with van der Waals surface area (Å²) in [5.41, 5.74) is 2.52. The minimum Gasteiger partial charge on any atom is -0.381 e. The van der Waals surface area contributed by atoms with Crippen molar-refractivity contribution in [2.24, 2.45) is 11.8 Å². The van der Waals surface area contributed by atoms with Gasteiger partial charge in [0.25, 0.3) is 5.91 Å². The van der Waals surface area contributed by atoms with Crippen LogP contribution in [0.15, 0.2) is 29.0 Å². The Morgan fingerprint density at radius 2 is 1.91 bits per heavy atom. The van der Waals surface area contributed by atoms with Crippen LogP contribution in [-0.4, -0.2) is 42.1 Å². The predicted molar refractivity (Wildman–Crippen MR) is 129 cm³/mol. The average Bonchev–Trinajstić information content (AvgIpc) is 3.39. The van der Waals surface area contributed by atoms with E-state index >= 15 is 0 Å². The number of anilines is 2. The number of amides is 3. The van der Waals surface area contributed by atoms with E-state index in [-0.39, 0.29) is 23.6 Å². The molecule has 1 aromatic heterocycles. The van der Waals surface area contributed by atoms with Crippen molar-refractivity contribution in [2.75, 3.05) is 23.8 Å². The van der Waals surface area contributed by atoms with Gasteiger partial charge in [0.1, 0.15) is 17.9 Å². The zero-order chi connectivity index (χ0) is 24.6. The monoisotopic (exact) mass is 480 g/mol. The fourth-order valence-electron chi connectivity index (χ4n) is 5.69. The lowest BCUT2D eigenvalue weighted by molar-refractivity contribution is -0.124. The second kappa shape index (κ2) is 9.45. The molecule has 3 aliphatic rings. The number of aryl methyl sites for hydroxylation is 1. The van der Waals surface area contributed by atoms with Gasteiger partial charge in [-0.2, -0.15) is 0 Å². The van der Waals surface area contributed by atoms with E-state index in [1.54, 1.807) is 13.0 Å². The van der Waals surface area contributed by atoms with Crippen molar-refractivity contribution in [1.29, 1.82) is 0 Å². The van der Waals surface area contributed by atoms with E-state index in [9.17, 15) is 14.4 Å². The molecule has 0 bridgehead atoms. The number of carbonyl (C=O) groups is 3. The fraction of sp³-hybridized carbons (Fsp3) is 0.538. The van der Waals surface area contributed by atoms with Crippen LogP contribution in [0.4, 0.5) is 11.4 Å². The van der Waals surface area contributed by atoms with Crippen molar-refractivity contribution in [3.05, 3.63) is 41.3 Å². The average molecular weight is 481 g/mol. The molecule has 1 aromatic carbocycles. The van der Waals surface area contributed by atoms with Crippen molar-refractivity contribution < 1.29 is 23.6 Å². The highest BCUT2D eigenvalue weighted by Crippen LogP contribution is 2.45. The Morgan fingerprint density at radius 1 is 1.17 bits per heavy atom. The number of carbonyl (C=O) groups excluding carboxylic acids is 3. The maximum Gasteiger partial charge on any atom is 0.257 e. The van der Waals surface area contributed by atoms with Crippen molar-refractivity contribution >= 4 is 29.1 Å². The Hall–Kier alpha value is -3.20. The van der Waals surface area contributed by atoms with E-state index < -0.39 is 11.5 Å². The molecule has 2 aliphatic heterocycles. The highest BCUT2D eigenvalue weighted by atomic mass is 16.5. The summed E-state index contributed by atoms with van der Waals surface area (Å²) in [7, 11) is 0. The highest BCUT2D eigenvalue weighted by molar-refractivity contribution is 6.07. The summed E-state index contributed by atoms with van der Waals surface area (Å²) < 4.78 is 10.4. The first-order valence-electron chi connectivity index (χ1n) is 12.4. The van der Waals surface area contributed by atoms with Crippen LogP contribution < -0.4 is 16.0 Å². The lowest BCUT2D eigenvalue weighted by Gasteiger charge is -2.32. The molecule has 5 rings (SSSR count). The summed E-state index contributed by atoms with van der Waals surface area (Å²) in [6, 6.07) is 4.88. The molecule has 2 fully saturated rings. The van der Waals surface area contributed by atoms with E-state index in [1.807, 2.05) is 12.1 Å². The lowest BCUT2D eigenvalue weighted by atomic mass is 9.75. The Kier molecular flexibility index (Phi) is 6.35. The van der Waals surface area contributed by atoms with Crippen LogP contribution in [0, 0.1) is 18.8 Å². The molecule has 3 N–H and O–H groups in total. The topological polar surface area (TPSA) is 123 Å². The molecule has 1 atom stereocenters. The summed E-state index contributed by atoms with van der Waals surface area (Å²) in [5, 5.41) is 12.7. The van der Waals surface area contributed by atoms with Gasteiger partial charge in [-0.05, 0) is 62.1 Å². The standard InChI is InChI=1S/C26H32N4O5/c1-15-3-5-17(6-4-15)22(29-23(31)19-14-35-30-16(19)2)24(32)27-18-7-8-20-21(13-18)28-25(33)26(20)9-11-34-12-10-26/h7-8,13-15,17,22H,3-6,9-12H2,1-2H3,(H,27,32)(H,28,33)(H,29,31)/t15-,17-,22-/m0/s1. The molecule has 1 saturated carbocycles. The molecule has 1 saturated heterocycles. The molecule has 186 valence electrons. The number of hydrogen-bond donors (Lipinski definition) is 3. The fourth-order valence-corrected chi connectivity index (χ4v) is 5.69. The summed E-state index contributed by atoms with van der Waals surface area (Å²) >= 11 is 0. The second-order valence-electron chi connectivity index (χ2n) is 10.2. The van der Waals surface area contributed by atoms with E-state index in [0.29, 0.717) is 48.9 Å². The zero-order valence-electron chi connectivity index (χ0n) is 20.2. The van der Waals surface area contributed by atoms with Crippen LogP contribution in [0.25, 0.3) is 0 Å². The van der Waals surface area contributed by atoms with Gasteiger partial charge in [0, 0.05) is 24.6 Å². The molecule has 35 heavy (non-hydrogen) atoms. The molecule has 0 radical (unpaired) electrons. The van der Waals surface area contributed by atoms with Gasteiger partial charge < -0.3 is 25.2 Å². The lowest BCUT2D eigenvalue weighted by Crippen LogP contribution is -2.49. The number of nitrogens with one attached hydrogen (secondary N) is 3. The largest absolute Gasteiger partial charge is 0.381 e. The van der Waals surface area contributed by atoms with Crippen LogP contribution in [0.2, 0.25) is 0 Å². The predicted octanol–water partition coefficient (Wildman–Crippen LogP) is 3.55. The van der Waals surface area contributed by atoms with E-state index in [2.05, 4.69) is 28.0 Å². The van der Waals surface area contributed by atoms with Crippen LogP contribution in [0.3, 0.4) is 0 Å². The van der Waals surface area contributed by atoms with E-state index in [1.165, 1.54) is 6.26 Å². The van der Waals surface area contributed by atoms with Crippen LogP contribution in [0.1, 0.15) is 67.1 Å². The SMILES string of the molecule is Cc1nocc1C(=O)N[C@H](C(=O)Nc1ccc2c(c1)NC(=O)C21CCOCC1)[C@H]1CC[C@H](C)CC1. The molecule has 3 amide bonds. The van der Waals surface area contributed by atoms with Crippen LogP contribution in [-0.2, 0) is 19.7 Å². The molecular weight excluding hydrogens is 448 g/mol. The first-order valence-corrected chi connectivity index (χ1v) is 12.4. The smallest absolute Gasteiger partial charge is 0.257 e. The summed E-state index contributed by atoms with van der Waals surface area (Å²) in [4.78, 5) is 39.2. The van der Waals surface area contributed by atoms with Crippen molar-refractivity contribution in [3.8, 4) is 0 Å². The normalized spacial score (nSPS) is 23.9.